The number of hydrogen-bond acceptors (Lipinski definition) is 0. The fourth-order valence-electron chi connectivity index (χ4n) is 8.33. The average Bonchev–Trinajstić information content (AvgIpc) is 3.75. The molecule has 2 heterocycles. The summed E-state index contributed by atoms with van der Waals surface area (Å²) >= 11 is 0. The normalized spacial score (nSPS) is 11.8. The van der Waals surface area contributed by atoms with E-state index in [-0.39, 0.29) is 11.3 Å². The monoisotopic (exact) mass is 729 g/mol. The number of aromatic nitrogens is 2. The lowest BCUT2D eigenvalue weighted by molar-refractivity contribution is -0.137. The zero-order valence-electron chi connectivity index (χ0n) is 29.8. The van der Waals surface area contributed by atoms with Crippen molar-refractivity contribution in [3.8, 4) is 44.8 Å². The highest BCUT2D eigenvalue weighted by atomic mass is 19.4. The number of halogens is 3. The van der Waals surface area contributed by atoms with Crippen LogP contribution in [0.5, 0.6) is 0 Å². The molecular weight excluding hydrogens is 700 g/mol. The van der Waals surface area contributed by atoms with E-state index < -0.39 is 11.7 Å². The molecule has 6 heteroatoms. The number of nitrogens with zero attached hydrogens (tertiary/aromatic N) is 3. The van der Waals surface area contributed by atoms with Gasteiger partial charge in [0, 0.05) is 21.5 Å². The van der Waals surface area contributed by atoms with Crippen LogP contribution in [0.3, 0.4) is 0 Å². The molecule has 0 atom stereocenters. The quantitative estimate of drug-likeness (QED) is 0.157. The van der Waals surface area contributed by atoms with Gasteiger partial charge in [-0.3, -0.25) is 0 Å². The number of para-hydroxylation sites is 2. The molecule has 10 rings (SSSR count). The summed E-state index contributed by atoms with van der Waals surface area (Å²) in [4.78, 5) is 4.28. The maximum absolute atomic E-state index is 14.9. The van der Waals surface area contributed by atoms with Crippen molar-refractivity contribution in [2.45, 2.75) is 6.18 Å². The van der Waals surface area contributed by atoms with Crippen LogP contribution in [0.25, 0.3) is 93.2 Å². The van der Waals surface area contributed by atoms with E-state index in [1.165, 1.54) is 12.1 Å². The Morgan fingerprint density at radius 2 is 0.893 bits per heavy atom. The number of rotatable bonds is 5. The van der Waals surface area contributed by atoms with Gasteiger partial charge < -0.3 is 9.13 Å². The summed E-state index contributed by atoms with van der Waals surface area (Å²) in [5.74, 6) is 0. The summed E-state index contributed by atoms with van der Waals surface area (Å²) in [5.41, 5.74) is 8.12. The van der Waals surface area contributed by atoms with Gasteiger partial charge in [-0.1, -0.05) is 146 Å². The third kappa shape index (κ3) is 5.20. The first kappa shape index (κ1) is 33.2. The Morgan fingerprint density at radius 3 is 1.46 bits per heavy atom. The van der Waals surface area contributed by atoms with Crippen LogP contribution < -0.4 is 0 Å². The van der Waals surface area contributed by atoms with Crippen LogP contribution in [0.15, 0.2) is 182 Å². The Bertz CT molecular complexity index is 3180. The van der Waals surface area contributed by atoms with Gasteiger partial charge >= 0.3 is 6.18 Å². The predicted molar refractivity (Wildman–Crippen MR) is 223 cm³/mol. The molecule has 10 aromatic rings. The first-order chi connectivity index (χ1) is 27.4. The van der Waals surface area contributed by atoms with E-state index in [1.54, 1.807) is 12.1 Å². The summed E-state index contributed by atoms with van der Waals surface area (Å²) in [6, 6.07) is 57.9. The molecule has 56 heavy (non-hydrogen) atoms. The minimum absolute atomic E-state index is 0.00480. The second-order valence-corrected chi connectivity index (χ2v) is 13.9. The highest BCUT2D eigenvalue weighted by molar-refractivity contribution is 6.13. The molecule has 0 aliphatic rings. The van der Waals surface area contributed by atoms with Gasteiger partial charge in [0.1, 0.15) is 0 Å². The molecule has 266 valence electrons. The minimum atomic E-state index is -4.63. The van der Waals surface area contributed by atoms with Crippen LogP contribution in [-0.2, 0) is 6.18 Å². The third-order valence-electron chi connectivity index (χ3n) is 10.8. The van der Waals surface area contributed by atoms with Crippen molar-refractivity contribution >= 4 is 49.3 Å². The van der Waals surface area contributed by atoms with Crippen LogP contribution in [0, 0.1) is 6.57 Å². The second kappa shape index (κ2) is 12.9. The molecular formula is C50H30F3N3. The molecule has 0 fully saturated rings. The average molecular weight is 730 g/mol. The van der Waals surface area contributed by atoms with Gasteiger partial charge in [-0.2, -0.15) is 13.2 Å². The Morgan fingerprint density at radius 1 is 0.411 bits per heavy atom. The second-order valence-electron chi connectivity index (χ2n) is 13.9. The molecule has 0 radical (unpaired) electrons. The summed E-state index contributed by atoms with van der Waals surface area (Å²) in [7, 11) is 0. The maximum atomic E-state index is 14.9. The van der Waals surface area contributed by atoms with E-state index in [0.717, 1.165) is 71.9 Å². The van der Waals surface area contributed by atoms with E-state index in [0.29, 0.717) is 16.9 Å². The van der Waals surface area contributed by atoms with E-state index in [4.69, 9.17) is 6.57 Å². The third-order valence-corrected chi connectivity index (χ3v) is 10.8. The van der Waals surface area contributed by atoms with Crippen molar-refractivity contribution in [1.29, 1.82) is 0 Å². The lowest BCUT2D eigenvalue weighted by Gasteiger charge is -2.22. The van der Waals surface area contributed by atoms with Crippen molar-refractivity contribution in [3.63, 3.8) is 0 Å². The van der Waals surface area contributed by atoms with Crippen molar-refractivity contribution in [3.05, 3.63) is 199 Å². The Balaban J connectivity index is 1.37. The predicted octanol–water partition coefficient (Wildman–Crippen LogP) is 14.5. The molecule has 0 bridgehead atoms. The summed E-state index contributed by atoms with van der Waals surface area (Å²) < 4.78 is 48.8. The van der Waals surface area contributed by atoms with Gasteiger partial charge in [-0.15, -0.1) is 0 Å². The molecule has 0 amide bonds. The van der Waals surface area contributed by atoms with Crippen LogP contribution in [0.4, 0.5) is 18.9 Å². The van der Waals surface area contributed by atoms with Crippen LogP contribution >= 0.6 is 0 Å². The summed E-state index contributed by atoms with van der Waals surface area (Å²) in [5, 5.41) is 3.88. The topological polar surface area (TPSA) is 14.2 Å². The number of hydrogen-bond donors (Lipinski definition) is 0. The number of benzene rings is 8. The molecule has 0 unspecified atom stereocenters. The minimum Gasteiger partial charge on any atom is -0.319 e. The van der Waals surface area contributed by atoms with Gasteiger partial charge in [-0.05, 0) is 69.8 Å². The first-order valence-corrected chi connectivity index (χ1v) is 18.3. The Hall–Kier alpha value is -7.36. The van der Waals surface area contributed by atoms with Gasteiger partial charge in [0.05, 0.1) is 45.6 Å². The molecule has 0 N–H and O–H groups in total. The summed E-state index contributed by atoms with van der Waals surface area (Å²) in [6.45, 7) is 8.93. The highest BCUT2D eigenvalue weighted by Gasteiger charge is 2.35. The zero-order chi connectivity index (χ0) is 38.0. The van der Waals surface area contributed by atoms with E-state index in [2.05, 4.69) is 64.0 Å². The van der Waals surface area contributed by atoms with Gasteiger partial charge in [0.2, 0.25) is 5.69 Å². The van der Waals surface area contributed by atoms with Gasteiger partial charge in [0.15, 0.2) is 0 Å². The number of fused-ring (bicyclic) bond motifs is 6. The van der Waals surface area contributed by atoms with Crippen molar-refractivity contribution in [1.82, 2.24) is 9.13 Å². The highest BCUT2D eigenvalue weighted by Crippen LogP contribution is 2.48. The van der Waals surface area contributed by atoms with Gasteiger partial charge in [-0.25, -0.2) is 4.85 Å². The fraction of sp³-hybridized carbons (Fsp3) is 0.0200. The molecule has 8 aromatic carbocycles. The molecule has 0 saturated carbocycles. The smallest absolute Gasteiger partial charge is 0.319 e. The maximum Gasteiger partial charge on any atom is 0.417 e. The van der Waals surface area contributed by atoms with Crippen LogP contribution in [0.1, 0.15) is 5.56 Å². The largest absolute Gasteiger partial charge is 0.417 e. The van der Waals surface area contributed by atoms with Crippen molar-refractivity contribution in [2.24, 2.45) is 0 Å². The summed E-state index contributed by atoms with van der Waals surface area (Å²) in [6.07, 6.45) is -4.63. The van der Waals surface area contributed by atoms with Crippen molar-refractivity contribution in [2.75, 3.05) is 0 Å². The molecule has 2 aromatic heterocycles. The van der Waals surface area contributed by atoms with Crippen LogP contribution in [0.2, 0.25) is 0 Å². The fourth-order valence-corrected chi connectivity index (χ4v) is 8.33. The molecule has 3 nitrogen and oxygen atoms in total. The standard InChI is InChI=1S/C50H30F3N3/c1-54-48-45(55-43-22-12-9-19-37(43)39-26-24-34(30-46(39)55)32-14-4-2-5-15-32)29-28-41(36-18-8-11-21-42(36)50(51,52)53)49(48)56-44-23-13-10-20-38(44)40-27-25-35(31-47(40)56)33-16-6-3-7-17-33/h2-31H. The molecule has 0 saturated heterocycles. The molecule has 0 spiro atoms. The van der Waals surface area contributed by atoms with E-state index in [9.17, 15) is 13.2 Å². The Labute approximate surface area is 320 Å². The van der Waals surface area contributed by atoms with E-state index >= 15 is 0 Å². The first-order valence-electron chi connectivity index (χ1n) is 18.3. The lowest BCUT2D eigenvalue weighted by Crippen LogP contribution is -2.09. The van der Waals surface area contributed by atoms with Gasteiger partial charge in [0.25, 0.3) is 0 Å². The number of alkyl halides is 3. The Kier molecular flexibility index (Phi) is 7.65. The van der Waals surface area contributed by atoms with Crippen LogP contribution in [-0.4, -0.2) is 9.13 Å². The molecule has 0 aliphatic carbocycles. The van der Waals surface area contributed by atoms with Crippen molar-refractivity contribution < 1.29 is 13.2 Å². The SMILES string of the molecule is [C-]#[N+]c1c(-n2c3ccccc3c3ccc(-c4ccccc4)cc32)ccc(-c2ccccc2C(F)(F)F)c1-n1c2ccccc2c2ccc(-c3ccccc3)cc21. The zero-order valence-corrected chi connectivity index (χ0v) is 29.8. The van der Waals surface area contributed by atoms with E-state index in [1.807, 2.05) is 102 Å². The molecule has 0 aliphatic heterocycles. The lowest BCUT2D eigenvalue weighted by atomic mass is 9.95.